The van der Waals surface area contributed by atoms with E-state index in [2.05, 4.69) is 10.2 Å². The molecule has 3 aromatic rings. The molecule has 2 amide bonds. The maximum absolute atomic E-state index is 13.2. The number of nitrogens with zero attached hydrogens (tertiary/aromatic N) is 3. The van der Waals surface area contributed by atoms with Crippen LogP contribution in [0.1, 0.15) is 64.7 Å². The Balaban J connectivity index is 0.00000201. The molecule has 9 heteroatoms. The molecule has 2 aromatic carbocycles. The highest BCUT2D eigenvalue weighted by molar-refractivity contribution is 6.07. The Morgan fingerprint density at radius 3 is 2.26 bits per heavy atom. The van der Waals surface area contributed by atoms with E-state index in [4.69, 9.17) is 14.5 Å². The minimum Gasteiger partial charge on any atom is -0.494 e. The lowest BCUT2D eigenvalue weighted by Crippen LogP contribution is -2.50. The number of para-hydroxylation sites is 1. The summed E-state index contributed by atoms with van der Waals surface area (Å²) >= 11 is 0. The van der Waals surface area contributed by atoms with E-state index in [1.807, 2.05) is 96.1 Å². The van der Waals surface area contributed by atoms with Crippen molar-refractivity contribution in [2.75, 3.05) is 45.9 Å². The van der Waals surface area contributed by atoms with Crippen molar-refractivity contribution in [1.82, 2.24) is 20.1 Å². The first-order valence-corrected chi connectivity index (χ1v) is 14.8. The van der Waals surface area contributed by atoms with Crippen LogP contribution in [0.15, 0.2) is 54.6 Å². The van der Waals surface area contributed by atoms with Crippen molar-refractivity contribution in [2.45, 2.75) is 60.0 Å². The van der Waals surface area contributed by atoms with Gasteiger partial charge in [-0.1, -0.05) is 32.0 Å². The van der Waals surface area contributed by atoms with Crippen LogP contribution < -0.4 is 10.1 Å². The fourth-order valence-electron chi connectivity index (χ4n) is 4.64. The van der Waals surface area contributed by atoms with Crippen molar-refractivity contribution in [3.05, 3.63) is 60.2 Å². The molecule has 8 nitrogen and oxygen atoms in total. The van der Waals surface area contributed by atoms with Crippen molar-refractivity contribution >= 4 is 35.3 Å². The number of piperazine rings is 1. The van der Waals surface area contributed by atoms with Gasteiger partial charge in [-0.2, -0.15) is 0 Å². The summed E-state index contributed by atoms with van der Waals surface area (Å²) in [6.45, 7) is 16.8. The number of carbonyl (C=O) groups excluding carboxylic acids is 2. The van der Waals surface area contributed by atoms with Gasteiger partial charge in [-0.3, -0.25) is 9.69 Å². The number of fused-ring (bicyclic) bond motifs is 1. The number of hydrogen-bond donors (Lipinski definition) is 1. The number of unbranched alkanes of at least 4 members (excludes halogenated alkanes) is 1. The minimum atomic E-state index is -0.474. The molecule has 0 bridgehead atoms. The first-order chi connectivity index (χ1) is 19.7. The zero-order chi connectivity index (χ0) is 29.8. The van der Waals surface area contributed by atoms with Gasteiger partial charge in [-0.05, 0) is 83.5 Å². The number of pyridine rings is 1. The molecule has 1 saturated heterocycles. The Morgan fingerprint density at radius 2 is 1.62 bits per heavy atom. The van der Waals surface area contributed by atoms with Crippen LogP contribution in [0.5, 0.6) is 5.75 Å². The molecule has 1 aliphatic heterocycles. The van der Waals surface area contributed by atoms with Crippen molar-refractivity contribution in [3.63, 3.8) is 0 Å². The van der Waals surface area contributed by atoms with Crippen molar-refractivity contribution < 1.29 is 19.1 Å². The highest BCUT2D eigenvalue weighted by atomic mass is 35.5. The van der Waals surface area contributed by atoms with E-state index >= 15 is 0 Å². The zero-order valence-corrected chi connectivity index (χ0v) is 26.8. The van der Waals surface area contributed by atoms with Gasteiger partial charge in [0.2, 0.25) is 0 Å². The molecule has 1 aromatic heterocycles. The monoisotopic (exact) mass is 598 g/mol. The fourth-order valence-corrected chi connectivity index (χ4v) is 4.64. The van der Waals surface area contributed by atoms with Gasteiger partial charge in [0.05, 0.1) is 23.4 Å². The van der Waals surface area contributed by atoms with Crippen LogP contribution in [0, 0.1) is 0 Å². The second-order valence-corrected chi connectivity index (χ2v) is 10.8. The topological polar surface area (TPSA) is 84.0 Å². The van der Waals surface area contributed by atoms with Crippen LogP contribution in [-0.2, 0) is 4.74 Å². The largest absolute Gasteiger partial charge is 0.494 e. The number of halogens is 1. The van der Waals surface area contributed by atoms with Crippen LogP contribution in [-0.4, -0.2) is 78.3 Å². The maximum Gasteiger partial charge on any atom is 0.410 e. The third-order valence-electron chi connectivity index (χ3n) is 6.63. The molecular weight excluding hydrogens is 552 g/mol. The lowest BCUT2D eigenvalue weighted by Gasteiger charge is -2.35. The molecule has 42 heavy (non-hydrogen) atoms. The second-order valence-electron chi connectivity index (χ2n) is 10.8. The fraction of sp³-hybridized carbons (Fsp3) is 0.485. The number of rotatable bonds is 9. The van der Waals surface area contributed by atoms with Crippen LogP contribution in [0.25, 0.3) is 22.2 Å². The van der Waals surface area contributed by atoms with E-state index in [0.29, 0.717) is 31.8 Å². The van der Waals surface area contributed by atoms with E-state index < -0.39 is 5.60 Å². The number of carbonyl (C=O) groups is 2. The second kappa shape index (κ2) is 16.9. The van der Waals surface area contributed by atoms with Crippen LogP contribution in [0.3, 0.4) is 0 Å². The Bertz CT molecular complexity index is 1270. The van der Waals surface area contributed by atoms with E-state index in [0.717, 1.165) is 60.4 Å². The summed E-state index contributed by atoms with van der Waals surface area (Å²) < 4.78 is 11.0. The number of nitrogens with one attached hydrogen (secondary N) is 1. The summed E-state index contributed by atoms with van der Waals surface area (Å²) in [6.07, 6.45) is 1.62. The lowest BCUT2D eigenvalue weighted by molar-refractivity contribution is 0.0144. The summed E-state index contributed by atoms with van der Waals surface area (Å²) in [4.78, 5) is 34.4. The number of amides is 2. The smallest absolute Gasteiger partial charge is 0.410 e. The Kier molecular flexibility index (Phi) is 14.0. The lowest BCUT2D eigenvalue weighted by atomic mass is 10.0. The van der Waals surface area contributed by atoms with E-state index in [1.54, 1.807) is 4.90 Å². The number of benzene rings is 2. The molecule has 1 N–H and O–H groups in total. The van der Waals surface area contributed by atoms with Crippen molar-refractivity contribution in [3.8, 4) is 17.0 Å². The van der Waals surface area contributed by atoms with Gasteiger partial charge in [0.15, 0.2) is 0 Å². The third kappa shape index (κ3) is 10.2. The van der Waals surface area contributed by atoms with Crippen molar-refractivity contribution in [2.24, 2.45) is 0 Å². The molecule has 230 valence electrons. The summed E-state index contributed by atoms with van der Waals surface area (Å²) in [5.74, 6) is 0.719. The molecular formula is C33H47ClN4O4. The van der Waals surface area contributed by atoms with Gasteiger partial charge in [0, 0.05) is 43.7 Å². The molecule has 1 aliphatic rings. The van der Waals surface area contributed by atoms with E-state index in [9.17, 15) is 9.59 Å². The average molecular weight is 599 g/mol. The average Bonchev–Trinajstić information content (AvgIpc) is 2.97. The Hall–Kier alpha value is -3.36. The predicted molar refractivity (Wildman–Crippen MR) is 173 cm³/mol. The maximum atomic E-state index is 13.2. The van der Waals surface area contributed by atoms with Gasteiger partial charge < -0.3 is 19.7 Å². The molecule has 0 saturated carbocycles. The predicted octanol–water partition coefficient (Wildman–Crippen LogP) is 6.81. The van der Waals surface area contributed by atoms with Crippen molar-refractivity contribution in [1.29, 1.82) is 0 Å². The number of ether oxygens (including phenoxy) is 2. The molecule has 2 heterocycles. The molecule has 4 rings (SSSR count). The molecule has 0 atom stereocenters. The molecule has 1 fully saturated rings. The van der Waals surface area contributed by atoms with Crippen LogP contribution in [0.2, 0.25) is 0 Å². The first kappa shape index (κ1) is 34.8. The van der Waals surface area contributed by atoms with Crippen LogP contribution >= 0.6 is 12.4 Å². The highest BCUT2D eigenvalue weighted by Gasteiger charge is 2.25. The summed E-state index contributed by atoms with van der Waals surface area (Å²) in [5.41, 5.74) is 2.64. The van der Waals surface area contributed by atoms with Gasteiger partial charge in [0.25, 0.3) is 5.91 Å². The SMILES string of the molecule is CC.CCOc1ccc(-c2cc(C(=O)NCCCCN3CCN(C(=O)OC(C)(C)C)CC3)c3ccccc3n2)cc1.Cl. The summed E-state index contributed by atoms with van der Waals surface area (Å²) in [7, 11) is 0. The summed E-state index contributed by atoms with van der Waals surface area (Å²) in [5, 5.41) is 3.94. The molecule has 0 radical (unpaired) electrons. The van der Waals surface area contributed by atoms with E-state index in [1.165, 1.54) is 0 Å². The Labute approximate surface area is 257 Å². The third-order valence-corrected chi connectivity index (χ3v) is 6.63. The first-order valence-electron chi connectivity index (χ1n) is 14.8. The number of aromatic nitrogens is 1. The molecule has 0 unspecified atom stereocenters. The summed E-state index contributed by atoms with van der Waals surface area (Å²) in [6, 6.07) is 17.4. The number of hydrogen-bond acceptors (Lipinski definition) is 6. The van der Waals surface area contributed by atoms with Gasteiger partial charge in [-0.25, -0.2) is 9.78 Å². The highest BCUT2D eigenvalue weighted by Crippen LogP contribution is 2.26. The Morgan fingerprint density at radius 1 is 0.952 bits per heavy atom. The van der Waals surface area contributed by atoms with Gasteiger partial charge >= 0.3 is 6.09 Å². The zero-order valence-electron chi connectivity index (χ0n) is 25.9. The normalized spacial score (nSPS) is 13.4. The molecule has 0 spiro atoms. The standard InChI is InChI=1S/C31H40N4O4.C2H6.ClH/c1-5-38-24-14-12-23(13-15-24)28-22-26(25-10-6-7-11-27(25)33-28)29(36)32-16-8-9-17-34-18-20-35(21-19-34)30(37)39-31(2,3)4;1-2;/h6-7,10-15,22H,5,8-9,16-21H2,1-4H3,(H,32,36);1-2H3;1H. The minimum absolute atomic E-state index is 0. The van der Waals surface area contributed by atoms with Crippen LogP contribution in [0.4, 0.5) is 4.79 Å². The van der Waals surface area contributed by atoms with Gasteiger partial charge in [-0.15, -0.1) is 12.4 Å². The quantitative estimate of drug-likeness (QED) is 0.272. The van der Waals surface area contributed by atoms with Gasteiger partial charge in [0.1, 0.15) is 11.4 Å². The molecule has 0 aliphatic carbocycles. The van der Waals surface area contributed by atoms with E-state index in [-0.39, 0.29) is 24.4 Å².